The molecule has 1 aliphatic rings. The molecule has 1 aromatic rings. The normalized spacial score (nSPS) is 21.3. The largest absolute Gasteiger partial charge is 0.357 e. The number of rotatable bonds is 4. The van der Waals surface area contributed by atoms with Gasteiger partial charge in [0.1, 0.15) is 0 Å². The number of hydrogen-bond acceptors (Lipinski definition) is 4. The van der Waals surface area contributed by atoms with Gasteiger partial charge in [0.2, 0.25) is 0 Å². The van der Waals surface area contributed by atoms with E-state index in [9.17, 15) is 0 Å². The molecule has 0 amide bonds. The monoisotopic (exact) mass is 296 g/mol. The number of hydrogen-bond donors (Lipinski definition) is 1. The lowest BCUT2D eigenvalue weighted by Crippen LogP contribution is -2.25. The first-order valence-electron chi connectivity index (χ1n) is 6.99. The minimum atomic E-state index is 0.389. The van der Waals surface area contributed by atoms with Crippen molar-refractivity contribution in [2.75, 3.05) is 6.54 Å². The van der Waals surface area contributed by atoms with Crippen LogP contribution in [0.15, 0.2) is 22.5 Å². The number of amidine groups is 1. The summed E-state index contributed by atoms with van der Waals surface area (Å²) in [5.41, 5.74) is 0.389. The first kappa shape index (κ1) is 14.9. The fourth-order valence-corrected chi connectivity index (χ4v) is 4.57. The Labute approximate surface area is 125 Å². The molecule has 106 valence electrons. The van der Waals surface area contributed by atoms with E-state index >= 15 is 0 Å². The molecule has 0 spiro atoms. The van der Waals surface area contributed by atoms with Gasteiger partial charge in [-0.3, -0.25) is 4.99 Å². The molecule has 0 saturated heterocycles. The van der Waals surface area contributed by atoms with Crippen LogP contribution in [0.4, 0.5) is 0 Å². The van der Waals surface area contributed by atoms with Gasteiger partial charge in [-0.2, -0.15) is 0 Å². The van der Waals surface area contributed by atoms with Crippen molar-refractivity contribution in [2.24, 2.45) is 10.4 Å². The molecule has 0 radical (unpaired) electrons. The third-order valence-corrected chi connectivity index (χ3v) is 5.25. The van der Waals surface area contributed by atoms with Gasteiger partial charge in [-0.1, -0.05) is 45.5 Å². The molecule has 1 aromatic heterocycles. The van der Waals surface area contributed by atoms with Crippen molar-refractivity contribution in [1.82, 2.24) is 5.32 Å². The average Bonchev–Trinajstić information content (AvgIpc) is 2.94. The Morgan fingerprint density at radius 1 is 1.47 bits per heavy atom. The number of nitrogens with zero attached hydrogens (tertiary/aromatic N) is 1. The van der Waals surface area contributed by atoms with Gasteiger partial charge in [-0.25, -0.2) is 0 Å². The molecule has 19 heavy (non-hydrogen) atoms. The van der Waals surface area contributed by atoms with Crippen molar-refractivity contribution in [3.63, 3.8) is 0 Å². The van der Waals surface area contributed by atoms with Crippen molar-refractivity contribution in [3.05, 3.63) is 22.4 Å². The standard InChI is InChI=1S/C15H24N2S2/c1-5-12(13-7-6-8-18-13)17-14-16-10-11(19-14)9-15(2,3)4/h6-8,11-12H,5,9-10H2,1-4H3,(H,16,17). The first-order chi connectivity index (χ1) is 8.98. The van der Waals surface area contributed by atoms with Crippen molar-refractivity contribution < 1.29 is 0 Å². The summed E-state index contributed by atoms with van der Waals surface area (Å²) in [4.78, 5) is 6.08. The molecule has 0 aromatic carbocycles. The van der Waals surface area contributed by atoms with Crippen LogP contribution in [-0.4, -0.2) is 17.0 Å². The van der Waals surface area contributed by atoms with E-state index in [4.69, 9.17) is 0 Å². The van der Waals surface area contributed by atoms with E-state index in [0.717, 1.165) is 18.1 Å². The van der Waals surface area contributed by atoms with Crippen molar-refractivity contribution in [3.8, 4) is 0 Å². The summed E-state index contributed by atoms with van der Waals surface area (Å²) in [6, 6.07) is 4.74. The first-order valence-corrected chi connectivity index (χ1v) is 8.75. The lowest BCUT2D eigenvalue weighted by Gasteiger charge is -2.22. The van der Waals surface area contributed by atoms with E-state index in [0.29, 0.717) is 16.7 Å². The second-order valence-electron chi connectivity index (χ2n) is 6.27. The Bertz CT molecular complexity index is 418. The van der Waals surface area contributed by atoms with Gasteiger partial charge in [0.25, 0.3) is 0 Å². The van der Waals surface area contributed by atoms with Gasteiger partial charge in [0.05, 0.1) is 12.6 Å². The molecule has 0 saturated carbocycles. The Morgan fingerprint density at radius 3 is 2.84 bits per heavy atom. The van der Waals surface area contributed by atoms with E-state index in [1.165, 1.54) is 11.3 Å². The molecule has 2 unspecified atom stereocenters. The van der Waals surface area contributed by atoms with Crippen molar-refractivity contribution in [1.29, 1.82) is 0 Å². The van der Waals surface area contributed by atoms with Crippen LogP contribution in [-0.2, 0) is 0 Å². The van der Waals surface area contributed by atoms with E-state index in [1.54, 1.807) is 0 Å². The minimum Gasteiger partial charge on any atom is -0.357 e. The van der Waals surface area contributed by atoms with Crippen LogP contribution < -0.4 is 5.32 Å². The zero-order valence-corrected chi connectivity index (χ0v) is 13.9. The highest BCUT2D eigenvalue weighted by Gasteiger charge is 2.26. The summed E-state index contributed by atoms with van der Waals surface area (Å²) < 4.78 is 0. The van der Waals surface area contributed by atoms with Crippen LogP contribution in [0.25, 0.3) is 0 Å². The summed E-state index contributed by atoms with van der Waals surface area (Å²) in [5, 5.41) is 7.53. The zero-order chi connectivity index (χ0) is 13.9. The quantitative estimate of drug-likeness (QED) is 0.871. The lowest BCUT2D eigenvalue weighted by atomic mass is 9.90. The summed E-state index contributed by atoms with van der Waals surface area (Å²) in [5.74, 6) is 0. The third-order valence-electron chi connectivity index (χ3n) is 3.15. The average molecular weight is 297 g/mol. The van der Waals surface area contributed by atoms with Crippen LogP contribution in [0.1, 0.15) is 51.5 Å². The predicted octanol–water partition coefficient (Wildman–Crippen LogP) is 4.70. The van der Waals surface area contributed by atoms with Gasteiger partial charge < -0.3 is 5.32 Å². The number of thiophene rings is 1. The SMILES string of the molecule is CCC(NC1=NCC(CC(C)(C)C)S1)c1cccs1. The molecule has 1 N–H and O–H groups in total. The van der Waals surface area contributed by atoms with Crippen LogP contribution in [0.2, 0.25) is 0 Å². The van der Waals surface area contributed by atoms with Crippen LogP contribution in [0.5, 0.6) is 0 Å². The lowest BCUT2D eigenvalue weighted by molar-refractivity contribution is 0.375. The highest BCUT2D eigenvalue weighted by atomic mass is 32.2. The van der Waals surface area contributed by atoms with Crippen LogP contribution in [0.3, 0.4) is 0 Å². The molecule has 4 heteroatoms. The smallest absolute Gasteiger partial charge is 0.157 e. The molecule has 2 nitrogen and oxygen atoms in total. The molecule has 2 heterocycles. The fraction of sp³-hybridized carbons (Fsp3) is 0.667. The number of aliphatic imine (C=N–C) groups is 1. The molecule has 0 fully saturated rings. The fourth-order valence-electron chi connectivity index (χ4n) is 2.30. The molecule has 2 rings (SSSR count). The van der Waals surface area contributed by atoms with Gasteiger partial charge in [0.15, 0.2) is 5.17 Å². The molecular formula is C15H24N2S2. The maximum Gasteiger partial charge on any atom is 0.157 e. The summed E-state index contributed by atoms with van der Waals surface area (Å²) in [7, 11) is 0. The topological polar surface area (TPSA) is 24.4 Å². The van der Waals surface area contributed by atoms with Gasteiger partial charge in [-0.05, 0) is 29.7 Å². The summed E-state index contributed by atoms with van der Waals surface area (Å²) in [6.07, 6.45) is 2.33. The van der Waals surface area contributed by atoms with Crippen molar-refractivity contribution in [2.45, 2.75) is 51.8 Å². The molecule has 0 bridgehead atoms. The zero-order valence-electron chi connectivity index (χ0n) is 12.3. The van der Waals surface area contributed by atoms with E-state index in [2.05, 4.69) is 55.5 Å². The van der Waals surface area contributed by atoms with Crippen LogP contribution >= 0.6 is 23.1 Å². The Morgan fingerprint density at radius 2 is 2.26 bits per heavy atom. The Kier molecular flexibility index (Phi) is 4.96. The highest BCUT2D eigenvalue weighted by Crippen LogP contribution is 2.32. The predicted molar refractivity (Wildman–Crippen MR) is 88.2 cm³/mol. The van der Waals surface area contributed by atoms with Crippen LogP contribution in [0, 0.1) is 5.41 Å². The van der Waals surface area contributed by atoms with E-state index < -0.39 is 0 Å². The maximum atomic E-state index is 4.67. The minimum absolute atomic E-state index is 0.389. The number of nitrogens with one attached hydrogen (secondary N) is 1. The summed E-state index contributed by atoms with van der Waals surface area (Å²) >= 11 is 3.75. The third kappa shape index (κ3) is 4.53. The molecule has 0 aliphatic carbocycles. The maximum absolute atomic E-state index is 4.67. The Balaban J connectivity index is 1.87. The van der Waals surface area contributed by atoms with Gasteiger partial charge in [0, 0.05) is 10.1 Å². The number of thioether (sulfide) groups is 1. The van der Waals surface area contributed by atoms with E-state index in [-0.39, 0.29) is 0 Å². The summed E-state index contributed by atoms with van der Waals surface area (Å²) in [6.45, 7) is 10.1. The van der Waals surface area contributed by atoms with Gasteiger partial charge >= 0.3 is 0 Å². The highest BCUT2D eigenvalue weighted by molar-refractivity contribution is 8.14. The molecule has 2 atom stereocenters. The van der Waals surface area contributed by atoms with Crippen molar-refractivity contribution >= 4 is 28.3 Å². The van der Waals surface area contributed by atoms with E-state index in [1.807, 2.05) is 23.1 Å². The Hall–Kier alpha value is -0.480. The second kappa shape index (κ2) is 6.31. The second-order valence-corrected chi connectivity index (χ2v) is 8.54. The molecular weight excluding hydrogens is 272 g/mol. The van der Waals surface area contributed by atoms with Gasteiger partial charge in [-0.15, -0.1) is 11.3 Å². The molecule has 1 aliphatic heterocycles.